The Balaban J connectivity index is 1.67. The fourth-order valence-electron chi connectivity index (χ4n) is 3.03. The standard InChI is InChI=1S/C20H20N4O4/c1-25-16-8-13(9-17(26-2)20(16)27-3)11-21-19-10-15(14-5-7-28-12-14)23-18-4-6-22-24(18)19/h4-10,12,21H,11H2,1-3H3. The molecule has 4 rings (SSSR count). The second-order valence-corrected chi connectivity index (χ2v) is 6.03. The fraction of sp³-hybridized carbons (Fsp3) is 0.200. The molecule has 0 spiro atoms. The highest BCUT2D eigenvalue weighted by molar-refractivity contribution is 5.65. The average molecular weight is 380 g/mol. The quantitative estimate of drug-likeness (QED) is 0.524. The van der Waals surface area contributed by atoms with Gasteiger partial charge in [0.15, 0.2) is 17.1 Å². The van der Waals surface area contributed by atoms with Gasteiger partial charge in [0.2, 0.25) is 5.75 Å². The summed E-state index contributed by atoms with van der Waals surface area (Å²) < 4.78 is 23.2. The number of hydrogen-bond acceptors (Lipinski definition) is 7. The van der Waals surface area contributed by atoms with Crippen LogP contribution in [0.25, 0.3) is 16.9 Å². The molecule has 0 fully saturated rings. The van der Waals surface area contributed by atoms with Crippen molar-refractivity contribution >= 4 is 11.5 Å². The molecule has 0 aliphatic heterocycles. The second kappa shape index (κ2) is 7.51. The number of ether oxygens (including phenoxy) is 3. The van der Waals surface area contributed by atoms with Gasteiger partial charge in [-0.3, -0.25) is 0 Å². The minimum Gasteiger partial charge on any atom is -0.493 e. The first-order valence-electron chi connectivity index (χ1n) is 8.63. The van der Waals surface area contributed by atoms with Crippen LogP contribution < -0.4 is 19.5 Å². The van der Waals surface area contributed by atoms with Crippen LogP contribution >= 0.6 is 0 Å². The maximum Gasteiger partial charge on any atom is 0.203 e. The van der Waals surface area contributed by atoms with Crippen molar-refractivity contribution in [2.75, 3.05) is 26.6 Å². The summed E-state index contributed by atoms with van der Waals surface area (Å²) in [5, 5.41) is 7.76. The van der Waals surface area contributed by atoms with E-state index in [1.807, 2.05) is 30.3 Å². The number of furan rings is 1. The van der Waals surface area contributed by atoms with E-state index >= 15 is 0 Å². The third-order valence-corrected chi connectivity index (χ3v) is 4.37. The van der Waals surface area contributed by atoms with Crippen molar-refractivity contribution in [3.8, 4) is 28.5 Å². The number of nitrogens with one attached hydrogen (secondary N) is 1. The van der Waals surface area contributed by atoms with Crippen LogP contribution in [-0.4, -0.2) is 35.9 Å². The smallest absolute Gasteiger partial charge is 0.203 e. The Kier molecular flexibility index (Phi) is 4.76. The minimum absolute atomic E-state index is 0.528. The van der Waals surface area contributed by atoms with E-state index in [0.717, 1.165) is 28.3 Å². The van der Waals surface area contributed by atoms with Crippen molar-refractivity contribution in [2.45, 2.75) is 6.54 Å². The van der Waals surface area contributed by atoms with E-state index in [1.54, 1.807) is 44.6 Å². The van der Waals surface area contributed by atoms with Gasteiger partial charge in [-0.05, 0) is 23.8 Å². The predicted octanol–water partition coefficient (Wildman–Crippen LogP) is 3.63. The lowest BCUT2D eigenvalue weighted by Crippen LogP contribution is -2.07. The molecule has 0 aliphatic carbocycles. The van der Waals surface area contributed by atoms with Crippen LogP contribution in [0.3, 0.4) is 0 Å². The molecular formula is C20H20N4O4. The summed E-state index contributed by atoms with van der Waals surface area (Å²) >= 11 is 0. The summed E-state index contributed by atoms with van der Waals surface area (Å²) in [6.07, 6.45) is 5.00. The van der Waals surface area contributed by atoms with E-state index in [9.17, 15) is 0 Å². The normalized spacial score (nSPS) is 10.8. The lowest BCUT2D eigenvalue weighted by Gasteiger charge is -2.15. The van der Waals surface area contributed by atoms with Crippen LogP contribution in [0.2, 0.25) is 0 Å². The second-order valence-electron chi connectivity index (χ2n) is 6.03. The van der Waals surface area contributed by atoms with Crippen LogP contribution in [0.1, 0.15) is 5.56 Å². The number of benzene rings is 1. The number of aromatic nitrogens is 3. The molecule has 1 aromatic carbocycles. The molecule has 144 valence electrons. The van der Waals surface area contributed by atoms with Gasteiger partial charge in [-0.1, -0.05) is 0 Å². The van der Waals surface area contributed by atoms with Gasteiger partial charge in [0, 0.05) is 24.2 Å². The van der Waals surface area contributed by atoms with E-state index in [0.29, 0.717) is 23.8 Å². The van der Waals surface area contributed by atoms with Crippen LogP contribution in [0.4, 0.5) is 5.82 Å². The molecule has 8 nitrogen and oxygen atoms in total. The van der Waals surface area contributed by atoms with Crippen molar-refractivity contribution in [2.24, 2.45) is 0 Å². The predicted molar refractivity (Wildman–Crippen MR) is 104 cm³/mol. The maximum atomic E-state index is 5.43. The molecule has 3 heterocycles. The highest BCUT2D eigenvalue weighted by Crippen LogP contribution is 2.38. The lowest BCUT2D eigenvalue weighted by atomic mass is 10.1. The van der Waals surface area contributed by atoms with Gasteiger partial charge in [0.1, 0.15) is 5.82 Å². The van der Waals surface area contributed by atoms with Crippen molar-refractivity contribution < 1.29 is 18.6 Å². The summed E-state index contributed by atoms with van der Waals surface area (Å²) in [4.78, 5) is 4.61. The molecule has 3 aromatic heterocycles. The van der Waals surface area contributed by atoms with Gasteiger partial charge in [0.05, 0.1) is 45.7 Å². The first kappa shape index (κ1) is 17.7. The van der Waals surface area contributed by atoms with Gasteiger partial charge in [0.25, 0.3) is 0 Å². The highest BCUT2D eigenvalue weighted by atomic mass is 16.5. The van der Waals surface area contributed by atoms with Gasteiger partial charge in [-0.2, -0.15) is 9.61 Å². The zero-order valence-corrected chi connectivity index (χ0v) is 15.8. The Morgan fingerprint density at radius 3 is 2.46 bits per heavy atom. The number of hydrogen-bond donors (Lipinski definition) is 1. The molecule has 0 atom stereocenters. The largest absolute Gasteiger partial charge is 0.493 e. The van der Waals surface area contributed by atoms with Crippen molar-refractivity contribution in [3.63, 3.8) is 0 Å². The first-order valence-corrected chi connectivity index (χ1v) is 8.63. The van der Waals surface area contributed by atoms with Crippen LogP contribution in [-0.2, 0) is 6.54 Å². The highest BCUT2D eigenvalue weighted by Gasteiger charge is 2.14. The van der Waals surface area contributed by atoms with Gasteiger partial charge >= 0.3 is 0 Å². The minimum atomic E-state index is 0.528. The number of fused-ring (bicyclic) bond motifs is 1. The Labute approximate surface area is 161 Å². The van der Waals surface area contributed by atoms with Gasteiger partial charge < -0.3 is 23.9 Å². The molecule has 28 heavy (non-hydrogen) atoms. The fourth-order valence-corrected chi connectivity index (χ4v) is 3.03. The third kappa shape index (κ3) is 3.20. The molecule has 0 unspecified atom stereocenters. The van der Waals surface area contributed by atoms with Crippen LogP contribution in [0.15, 0.2) is 53.5 Å². The molecule has 1 N–H and O–H groups in total. The summed E-state index contributed by atoms with van der Waals surface area (Å²) in [6, 6.07) is 9.48. The Bertz CT molecular complexity index is 1060. The van der Waals surface area contributed by atoms with Gasteiger partial charge in [-0.15, -0.1) is 0 Å². The van der Waals surface area contributed by atoms with Gasteiger partial charge in [-0.25, -0.2) is 4.98 Å². The summed E-state index contributed by atoms with van der Waals surface area (Å²) in [5.41, 5.74) is 3.41. The molecular weight excluding hydrogens is 360 g/mol. The van der Waals surface area contributed by atoms with E-state index in [2.05, 4.69) is 15.4 Å². The summed E-state index contributed by atoms with van der Waals surface area (Å²) in [6.45, 7) is 0.528. The number of anilines is 1. The van der Waals surface area contributed by atoms with Crippen molar-refractivity contribution in [3.05, 3.63) is 54.6 Å². The lowest BCUT2D eigenvalue weighted by molar-refractivity contribution is 0.324. The Morgan fingerprint density at radius 2 is 1.82 bits per heavy atom. The first-order chi connectivity index (χ1) is 13.7. The SMILES string of the molecule is COc1cc(CNc2cc(-c3ccoc3)nc3ccnn23)cc(OC)c1OC. The summed E-state index contributed by atoms with van der Waals surface area (Å²) in [5.74, 6) is 2.59. The third-order valence-electron chi connectivity index (χ3n) is 4.37. The van der Waals surface area contributed by atoms with Crippen LogP contribution in [0, 0.1) is 0 Å². The number of methoxy groups -OCH3 is 3. The van der Waals surface area contributed by atoms with E-state index < -0.39 is 0 Å². The van der Waals surface area contributed by atoms with Crippen molar-refractivity contribution in [1.82, 2.24) is 14.6 Å². The maximum absolute atomic E-state index is 5.43. The van der Waals surface area contributed by atoms with Crippen molar-refractivity contribution in [1.29, 1.82) is 0 Å². The number of rotatable bonds is 7. The van der Waals surface area contributed by atoms with Crippen LogP contribution in [0.5, 0.6) is 17.2 Å². The van der Waals surface area contributed by atoms with E-state index in [1.165, 1.54) is 0 Å². The topological polar surface area (TPSA) is 83.1 Å². The molecule has 0 amide bonds. The Hall–Kier alpha value is -3.68. The summed E-state index contributed by atoms with van der Waals surface area (Å²) in [7, 11) is 4.78. The Morgan fingerprint density at radius 1 is 1.04 bits per heavy atom. The molecule has 0 bridgehead atoms. The molecule has 0 saturated carbocycles. The molecule has 0 aliphatic rings. The molecule has 0 saturated heterocycles. The molecule has 0 radical (unpaired) electrons. The average Bonchev–Trinajstić information content (AvgIpc) is 3.42. The van der Waals surface area contributed by atoms with E-state index in [-0.39, 0.29) is 0 Å². The monoisotopic (exact) mass is 380 g/mol. The number of nitrogens with zero attached hydrogens (tertiary/aromatic N) is 3. The molecule has 8 heteroatoms. The zero-order valence-electron chi connectivity index (χ0n) is 15.8. The molecule has 4 aromatic rings. The van der Waals surface area contributed by atoms with E-state index in [4.69, 9.17) is 18.6 Å². The zero-order chi connectivity index (χ0) is 19.5.